The molecule has 1 rings (SSSR count). The molecule has 1 heterocycles. The zero-order chi connectivity index (χ0) is 10.7. The van der Waals surface area contributed by atoms with Gasteiger partial charge in [0.05, 0.1) is 12.5 Å². The van der Waals surface area contributed by atoms with Crippen LogP contribution in [0.2, 0.25) is 5.15 Å². The third-order valence-electron chi connectivity index (χ3n) is 1.57. The highest BCUT2D eigenvalue weighted by molar-refractivity contribution is 6.30. The summed E-state index contributed by atoms with van der Waals surface area (Å²) in [6.07, 6.45) is -3.18. The predicted molar refractivity (Wildman–Crippen MR) is 43.5 cm³/mol. The summed E-state index contributed by atoms with van der Waals surface area (Å²) in [7, 11) is 0. The fourth-order valence-corrected chi connectivity index (χ4v) is 1.23. The Hall–Kier alpha value is -1.28. The number of nitriles is 1. The molecule has 0 unspecified atom stereocenters. The van der Waals surface area contributed by atoms with E-state index in [2.05, 4.69) is 4.98 Å². The Labute approximate surface area is 82.9 Å². The van der Waals surface area contributed by atoms with E-state index in [1.54, 1.807) is 6.07 Å². The van der Waals surface area contributed by atoms with E-state index < -0.39 is 17.9 Å². The second-order valence-electron chi connectivity index (χ2n) is 2.44. The van der Waals surface area contributed by atoms with Crippen molar-refractivity contribution in [2.45, 2.75) is 12.8 Å². The molecule has 6 heteroatoms. The summed E-state index contributed by atoms with van der Waals surface area (Å²) in [6.45, 7) is 0. The van der Waals surface area contributed by atoms with E-state index in [9.17, 15) is 13.2 Å². The van der Waals surface area contributed by atoms with Crippen LogP contribution in [0.4, 0.5) is 13.2 Å². The van der Waals surface area contributed by atoms with E-state index in [1.165, 1.54) is 0 Å². The number of rotatable bonds is 2. The molecule has 0 atom stereocenters. The van der Waals surface area contributed by atoms with Gasteiger partial charge in [-0.1, -0.05) is 11.6 Å². The monoisotopic (exact) mass is 220 g/mol. The number of aromatic nitrogens is 1. The molecule has 2 nitrogen and oxygen atoms in total. The van der Waals surface area contributed by atoms with Crippen LogP contribution in [-0.4, -0.2) is 4.98 Å². The van der Waals surface area contributed by atoms with Gasteiger partial charge in [-0.3, -0.25) is 0 Å². The molecule has 1 aromatic heterocycles. The fraction of sp³-hybridized carbons (Fsp3) is 0.250. The Balaban J connectivity index is 3.30. The van der Waals surface area contributed by atoms with Crippen LogP contribution in [0.3, 0.4) is 0 Å². The number of pyridine rings is 1. The summed E-state index contributed by atoms with van der Waals surface area (Å²) in [5.74, 6) is -1.08. The predicted octanol–water partition coefficient (Wildman–Crippen LogP) is 2.88. The summed E-state index contributed by atoms with van der Waals surface area (Å²) in [5, 5.41) is 7.96. The SMILES string of the molecule is N#CCc1c(C(F)F)cc(F)nc1Cl. The minimum absolute atomic E-state index is 0.120. The van der Waals surface area contributed by atoms with Crippen LogP contribution >= 0.6 is 11.6 Å². The first-order chi connectivity index (χ1) is 6.56. The minimum atomic E-state index is -2.87. The van der Waals surface area contributed by atoms with Crippen molar-refractivity contribution < 1.29 is 13.2 Å². The van der Waals surface area contributed by atoms with Crippen LogP contribution in [0.1, 0.15) is 17.6 Å². The molecule has 0 bridgehead atoms. The molecule has 0 aromatic carbocycles. The standard InChI is InChI=1S/C8H4ClF3N2/c9-7-4(1-2-13)5(8(11)12)3-6(10)14-7/h3,8H,1H2. The van der Waals surface area contributed by atoms with Crippen LogP contribution in [0.15, 0.2) is 6.07 Å². The lowest BCUT2D eigenvalue weighted by atomic mass is 10.1. The van der Waals surface area contributed by atoms with Crippen LogP contribution in [0, 0.1) is 17.3 Å². The first-order valence-electron chi connectivity index (χ1n) is 3.56. The number of hydrogen-bond donors (Lipinski definition) is 0. The Morgan fingerprint density at radius 1 is 1.57 bits per heavy atom. The number of halogens is 4. The van der Waals surface area contributed by atoms with Crippen molar-refractivity contribution in [3.8, 4) is 6.07 Å². The van der Waals surface area contributed by atoms with Gasteiger partial charge < -0.3 is 0 Å². The van der Waals surface area contributed by atoms with Gasteiger partial charge in [0.2, 0.25) is 5.95 Å². The average Bonchev–Trinajstić information content (AvgIpc) is 2.09. The quantitative estimate of drug-likeness (QED) is 0.719. The van der Waals surface area contributed by atoms with E-state index in [0.717, 1.165) is 0 Å². The first-order valence-corrected chi connectivity index (χ1v) is 3.94. The van der Waals surface area contributed by atoms with Gasteiger partial charge in [0.25, 0.3) is 6.43 Å². The Morgan fingerprint density at radius 2 is 2.21 bits per heavy atom. The number of hydrogen-bond acceptors (Lipinski definition) is 2. The maximum Gasteiger partial charge on any atom is 0.264 e. The van der Waals surface area contributed by atoms with Gasteiger partial charge in [-0.25, -0.2) is 13.8 Å². The van der Waals surface area contributed by atoms with E-state index in [1.807, 2.05) is 0 Å². The second kappa shape index (κ2) is 4.29. The fourth-order valence-electron chi connectivity index (χ4n) is 0.977. The lowest BCUT2D eigenvalue weighted by Crippen LogP contribution is -1.99. The largest absolute Gasteiger partial charge is 0.264 e. The number of alkyl halides is 2. The van der Waals surface area contributed by atoms with Gasteiger partial charge in [0, 0.05) is 17.2 Å². The molecule has 14 heavy (non-hydrogen) atoms. The number of nitrogens with zero attached hydrogens (tertiary/aromatic N) is 2. The van der Waals surface area contributed by atoms with Crippen LogP contribution < -0.4 is 0 Å². The summed E-state index contributed by atoms with van der Waals surface area (Å²) in [5.41, 5.74) is -0.699. The first kappa shape index (κ1) is 10.8. The van der Waals surface area contributed by atoms with E-state index in [0.29, 0.717) is 6.07 Å². The lowest BCUT2D eigenvalue weighted by molar-refractivity contribution is 0.149. The third-order valence-corrected chi connectivity index (χ3v) is 1.88. The average molecular weight is 221 g/mol. The molecule has 0 aliphatic heterocycles. The maximum absolute atomic E-state index is 12.6. The molecule has 1 aromatic rings. The van der Waals surface area contributed by atoms with Crippen molar-refractivity contribution >= 4 is 11.6 Å². The van der Waals surface area contributed by atoms with E-state index in [4.69, 9.17) is 16.9 Å². The zero-order valence-corrected chi connectivity index (χ0v) is 7.52. The Kier molecular flexibility index (Phi) is 3.31. The normalized spacial score (nSPS) is 10.3. The van der Waals surface area contributed by atoms with Gasteiger partial charge in [-0.15, -0.1) is 0 Å². The molecule has 0 saturated heterocycles. The molecule has 0 aliphatic rings. The summed E-state index contributed by atoms with van der Waals surface area (Å²) in [6, 6.07) is 2.25. The molecule has 0 radical (unpaired) electrons. The third kappa shape index (κ3) is 2.15. The molecule has 0 spiro atoms. The topological polar surface area (TPSA) is 36.7 Å². The summed E-state index contributed by atoms with van der Waals surface area (Å²) in [4.78, 5) is 3.15. The molecule has 0 fully saturated rings. The van der Waals surface area contributed by atoms with Gasteiger partial charge in [-0.2, -0.15) is 9.65 Å². The highest BCUT2D eigenvalue weighted by Gasteiger charge is 2.18. The molecule has 0 N–H and O–H groups in total. The molecule has 0 saturated carbocycles. The molecule has 0 aliphatic carbocycles. The van der Waals surface area contributed by atoms with Gasteiger partial charge >= 0.3 is 0 Å². The van der Waals surface area contributed by atoms with Crippen molar-refractivity contribution in [1.82, 2.24) is 4.98 Å². The maximum atomic E-state index is 12.6. The Bertz CT molecular complexity index is 387. The van der Waals surface area contributed by atoms with E-state index >= 15 is 0 Å². The van der Waals surface area contributed by atoms with Gasteiger partial charge in [-0.05, 0) is 0 Å². The molecule has 74 valence electrons. The highest BCUT2D eigenvalue weighted by Crippen LogP contribution is 2.27. The van der Waals surface area contributed by atoms with Crippen molar-refractivity contribution in [1.29, 1.82) is 5.26 Å². The molecule has 0 amide bonds. The van der Waals surface area contributed by atoms with Crippen LogP contribution in [-0.2, 0) is 6.42 Å². The molecular weight excluding hydrogens is 217 g/mol. The van der Waals surface area contributed by atoms with Crippen molar-refractivity contribution in [2.75, 3.05) is 0 Å². The smallest absolute Gasteiger partial charge is 0.207 e. The lowest BCUT2D eigenvalue weighted by Gasteiger charge is -2.06. The van der Waals surface area contributed by atoms with Crippen LogP contribution in [0.5, 0.6) is 0 Å². The summed E-state index contributed by atoms with van der Waals surface area (Å²) < 4.78 is 37.3. The van der Waals surface area contributed by atoms with Crippen molar-refractivity contribution in [3.63, 3.8) is 0 Å². The minimum Gasteiger partial charge on any atom is -0.207 e. The van der Waals surface area contributed by atoms with E-state index in [-0.39, 0.29) is 17.1 Å². The molecular formula is C8H4ClF3N2. The van der Waals surface area contributed by atoms with Crippen LogP contribution in [0.25, 0.3) is 0 Å². The summed E-state index contributed by atoms with van der Waals surface area (Å²) >= 11 is 5.42. The van der Waals surface area contributed by atoms with Gasteiger partial charge in [0.1, 0.15) is 5.15 Å². The van der Waals surface area contributed by atoms with Gasteiger partial charge in [0.15, 0.2) is 0 Å². The van der Waals surface area contributed by atoms with Crippen molar-refractivity contribution in [3.05, 3.63) is 28.3 Å². The highest BCUT2D eigenvalue weighted by atomic mass is 35.5. The van der Waals surface area contributed by atoms with Crippen molar-refractivity contribution in [2.24, 2.45) is 0 Å². The zero-order valence-electron chi connectivity index (χ0n) is 6.77. The Morgan fingerprint density at radius 3 is 2.71 bits per heavy atom. The second-order valence-corrected chi connectivity index (χ2v) is 2.80.